The Balaban J connectivity index is 3.90. The smallest absolute Gasteiger partial charge is 0.317 e. The van der Waals surface area contributed by atoms with Gasteiger partial charge in [-0.05, 0) is 19.9 Å². The van der Waals surface area contributed by atoms with Gasteiger partial charge in [0, 0.05) is 6.54 Å². The van der Waals surface area contributed by atoms with E-state index in [4.69, 9.17) is 9.05 Å². The number of hydrogen-bond donors (Lipinski definition) is 2. The Morgan fingerprint density at radius 3 is 1.00 bits per heavy atom. The Hall–Kier alpha value is 0.0700. The Kier molecular flexibility index (Phi) is 37.9. The second-order valence-electron chi connectivity index (χ2n) is 14.3. The fourth-order valence-corrected chi connectivity index (χ4v) is 7.54. The summed E-state index contributed by atoms with van der Waals surface area (Å²) in [6, 6.07) is 0. The van der Waals surface area contributed by atoms with E-state index in [1.165, 1.54) is 193 Å². The monoisotopic (exact) mass is 674 g/mol. The molecule has 0 aromatic carbocycles. The molecule has 1 atom stereocenters. The van der Waals surface area contributed by atoms with Crippen LogP contribution in [0.3, 0.4) is 0 Å². The Labute approximate surface area is 289 Å². The zero-order chi connectivity index (χ0) is 33.7. The van der Waals surface area contributed by atoms with E-state index in [0.29, 0.717) is 6.54 Å². The fraction of sp³-hybridized carbons (Fsp3) is 1.00. The van der Waals surface area contributed by atoms with Crippen LogP contribution in [0.5, 0.6) is 0 Å². The van der Waals surface area contributed by atoms with Gasteiger partial charge in [-0.2, -0.15) is 0 Å². The van der Waals surface area contributed by atoms with E-state index in [1.807, 2.05) is 7.05 Å². The number of nitrogens with one attached hydrogen (secondary N) is 1. The lowest BCUT2D eigenvalue weighted by Crippen LogP contribution is -2.16. The van der Waals surface area contributed by atoms with Crippen molar-refractivity contribution in [3.05, 3.63) is 0 Å². The largest absolute Gasteiger partial charge is 0.472 e. The summed E-state index contributed by atoms with van der Waals surface area (Å²) in [7, 11) is -2.19. The normalized spacial score (nSPS) is 13.2. The van der Waals surface area contributed by atoms with Crippen molar-refractivity contribution in [3.8, 4) is 0 Å². The summed E-state index contributed by atoms with van der Waals surface area (Å²) in [6.45, 7) is 5.30. The van der Waals surface area contributed by atoms with Crippen molar-refractivity contribution in [3.63, 3.8) is 0 Å². The standard InChI is InChI=1S/C40H84NO4P/c1-4-6-8-10-12-14-16-18-20-22-24-26-28-30-32-34-36-40(45-46(42,43)44-39-38-41-3)37-35-33-31-29-27-25-23-21-19-17-15-13-11-9-7-5-2/h40-41H,4-39H2,1-3H3,(H,42,43). The van der Waals surface area contributed by atoms with Crippen molar-refractivity contribution < 1.29 is 18.5 Å². The summed E-state index contributed by atoms with van der Waals surface area (Å²) in [4.78, 5) is 10.3. The average molecular weight is 674 g/mol. The van der Waals surface area contributed by atoms with Crippen LogP contribution in [0.1, 0.15) is 232 Å². The Morgan fingerprint density at radius 2 is 0.739 bits per heavy atom. The Bertz CT molecular complexity index is 584. The highest BCUT2D eigenvalue weighted by Crippen LogP contribution is 2.45. The van der Waals surface area contributed by atoms with Crippen LogP contribution in [0, 0.1) is 0 Å². The van der Waals surface area contributed by atoms with Crippen molar-refractivity contribution in [2.24, 2.45) is 0 Å². The number of phosphoric acid groups is 1. The van der Waals surface area contributed by atoms with Gasteiger partial charge in [0.2, 0.25) is 0 Å². The van der Waals surface area contributed by atoms with E-state index in [2.05, 4.69) is 19.2 Å². The summed E-state index contributed by atoms with van der Waals surface area (Å²) >= 11 is 0. The predicted octanol–water partition coefficient (Wildman–Crippen LogP) is 14.0. The first-order chi connectivity index (χ1) is 22.6. The highest BCUT2D eigenvalue weighted by molar-refractivity contribution is 7.47. The molecule has 0 saturated heterocycles. The first-order valence-electron chi connectivity index (χ1n) is 20.9. The lowest BCUT2D eigenvalue weighted by atomic mass is 10.0. The zero-order valence-corrected chi connectivity index (χ0v) is 32.5. The molecule has 6 heteroatoms. The molecule has 0 aliphatic carbocycles. The van der Waals surface area contributed by atoms with Gasteiger partial charge in [0.25, 0.3) is 0 Å². The molecule has 5 nitrogen and oxygen atoms in total. The number of unbranched alkanes of at least 4 members (excludes halogenated alkanes) is 30. The van der Waals surface area contributed by atoms with Gasteiger partial charge in [-0.3, -0.25) is 9.05 Å². The van der Waals surface area contributed by atoms with Crippen LogP contribution in [0.2, 0.25) is 0 Å². The predicted molar refractivity (Wildman–Crippen MR) is 203 cm³/mol. The van der Waals surface area contributed by atoms with Gasteiger partial charge in [-0.1, -0.05) is 219 Å². The minimum Gasteiger partial charge on any atom is -0.317 e. The van der Waals surface area contributed by atoms with E-state index < -0.39 is 7.82 Å². The molecule has 0 aliphatic rings. The second-order valence-corrected chi connectivity index (χ2v) is 15.7. The quantitative estimate of drug-likeness (QED) is 0.0500. The van der Waals surface area contributed by atoms with Crippen LogP contribution in [-0.2, 0) is 13.6 Å². The molecule has 1 unspecified atom stereocenters. The number of rotatable bonds is 40. The maximum atomic E-state index is 12.5. The molecule has 0 radical (unpaired) electrons. The molecule has 0 aromatic rings. The minimum atomic E-state index is -4.00. The maximum Gasteiger partial charge on any atom is 0.472 e. The molecule has 0 aromatic heterocycles. The highest BCUT2D eigenvalue weighted by Gasteiger charge is 2.26. The van der Waals surface area contributed by atoms with Crippen molar-refractivity contribution >= 4 is 7.82 Å². The van der Waals surface area contributed by atoms with Crippen molar-refractivity contribution in [2.45, 2.75) is 238 Å². The minimum absolute atomic E-state index is 0.177. The molecule has 278 valence electrons. The molecule has 0 fully saturated rings. The molecule has 0 amide bonds. The summed E-state index contributed by atoms with van der Waals surface area (Å²) < 4.78 is 23.4. The van der Waals surface area contributed by atoms with Gasteiger partial charge >= 0.3 is 7.82 Å². The van der Waals surface area contributed by atoms with E-state index in [9.17, 15) is 9.46 Å². The van der Waals surface area contributed by atoms with Gasteiger partial charge in [0.1, 0.15) is 0 Å². The lowest BCUT2D eigenvalue weighted by Gasteiger charge is -2.21. The molecule has 0 rings (SSSR count). The van der Waals surface area contributed by atoms with E-state index >= 15 is 0 Å². The van der Waals surface area contributed by atoms with Crippen molar-refractivity contribution in [1.29, 1.82) is 0 Å². The summed E-state index contributed by atoms with van der Waals surface area (Å²) in [6.07, 6.45) is 44.9. The van der Waals surface area contributed by atoms with E-state index in [-0.39, 0.29) is 12.7 Å². The lowest BCUT2D eigenvalue weighted by molar-refractivity contribution is 0.0918. The SMILES string of the molecule is CCCCCCCCCCCCCCCCCCC(CCCCCCCCCCCCCCCCCC)OP(=O)(O)OCCNC. The van der Waals surface area contributed by atoms with Crippen molar-refractivity contribution in [2.75, 3.05) is 20.2 Å². The molecule has 0 spiro atoms. The number of phosphoric ester groups is 1. The topological polar surface area (TPSA) is 67.8 Å². The van der Waals surface area contributed by atoms with Gasteiger partial charge in [0.15, 0.2) is 0 Å². The molecular weight excluding hydrogens is 589 g/mol. The van der Waals surface area contributed by atoms with Gasteiger partial charge in [-0.25, -0.2) is 4.57 Å². The highest BCUT2D eigenvalue weighted by atomic mass is 31.2. The van der Waals surface area contributed by atoms with Crippen LogP contribution < -0.4 is 5.32 Å². The van der Waals surface area contributed by atoms with Crippen LogP contribution >= 0.6 is 7.82 Å². The average Bonchev–Trinajstić information content (AvgIpc) is 3.04. The second kappa shape index (κ2) is 37.9. The van der Waals surface area contributed by atoms with E-state index in [1.54, 1.807) is 0 Å². The maximum absolute atomic E-state index is 12.5. The third-order valence-electron chi connectivity index (χ3n) is 9.65. The fourth-order valence-electron chi connectivity index (χ4n) is 6.57. The van der Waals surface area contributed by atoms with E-state index in [0.717, 1.165) is 25.7 Å². The van der Waals surface area contributed by atoms with Crippen molar-refractivity contribution in [1.82, 2.24) is 5.32 Å². The molecular formula is C40H84NO4P. The summed E-state index contributed by atoms with van der Waals surface area (Å²) in [5, 5.41) is 2.95. The van der Waals surface area contributed by atoms with Gasteiger partial charge < -0.3 is 10.2 Å². The summed E-state index contributed by atoms with van der Waals surface area (Å²) in [5.74, 6) is 0. The van der Waals surface area contributed by atoms with Crippen LogP contribution in [0.4, 0.5) is 0 Å². The third kappa shape index (κ3) is 36.9. The third-order valence-corrected chi connectivity index (χ3v) is 10.7. The molecule has 0 saturated carbocycles. The number of likely N-dealkylation sites (N-methyl/N-ethyl adjacent to an activating group) is 1. The van der Waals surface area contributed by atoms with Gasteiger partial charge in [0.05, 0.1) is 12.7 Å². The van der Waals surface area contributed by atoms with Crippen LogP contribution in [0.15, 0.2) is 0 Å². The zero-order valence-electron chi connectivity index (χ0n) is 31.7. The summed E-state index contributed by atoms with van der Waals surface area (Å²) in [5.41, 5.74) is 0. The first-order valence-corrected chi connectivity index (χ1v) is 22.4. The molecule has 2 N–H and O–H groups in total. The van der Waals surface area contributed by atoms with Crippen LogP contribution in [0.25, 0.3) is 0 Å². The van der Waals surface area contributed by atoms with Gasteiger partial charge in [-0.15, -0.1) is 0 Å². The molecule has 0 heterocycles. The molecule has 0 bridgehead atoms. The molecule has 0 aliphatic heterocycles. The van der Waals surface area contributed by atoms with Crippen LogP contribution in [-0.4, -0.2) is 31.2 Å². The first kappa shape index (κ1) is 46.1. The Morgan fingerprint density at radius 1 is 0.478 bits per heavy atom. The number of hydrogen-bond acceptors (Lipinski definition) is 4. The molecule has 46 heavy (non-hydrogen) atoms.